The van der Waals surface area contributed by atoms with E-state index in [4.69, 9.17) is 0 Å². The summed E-state index contributed by atoms with van der Waals surface area (Å²) in [7, 11) is 1.52. The van der Waals surface area contributed by atoms with Crippen LogP contribution in [-0.4, -0.2) is 33.7 Å². The molecule has 1 atom stereocenters. The number of carbonyl (C=O) groups is 3. The second kappa shape index (κ2) is 10.1. The minimum Gasteiger partial charge on any atom is -0.354 e. The molecule has 1 aliphatic rings. The Bertz CT molecular complexity index is 1390. The van der Waals surface area contributed by atoms with Gasteiger partial charge in [-0.2, -0.15) is 4.37 Å². The number of carbonyl (C=O) groups excluding carboxylic acids is 3. The van der Waals surface area contributed by atoms with Crippen LogP contribution in [0.2, 0.25) is 0 Å². The third-order valence-corrected chi connectivity index (χ3v) is 6.48. The average molecular weight is 494 g/mol. The Hall–Kier alpha value is -4.05. The van der Waals surface area contributed by atoms with Crippen LogP contribution in [0.4, 0.5) is 10.1 Å². The van der Waals surface area contributed by atoms with Crippen molar-refractivity contribution in [3.63, 3.8) is 0 Å². The van der Waals surface area contributed by atoms with E-state index in [1.807, 2.05) is 31.2 Å². The van der Waals surface area contributed by atoms with Crippen molar-refractivity contribution in [3.05, 3.63) is 83.1 Å². The number of nitrogens with zero attached hydrogens (tertiary/aromatic N) is 2. The van der Waals surface area contributed by atoms with Crippen LogP contribution < -0.4 is 16.0 Å². The number of nitrogens with one attached hydrogen (secondary N) is 3. The van der Waals surface area contributed by atoms with Crippen LogP contribution in [0.25, 0.3) is 10.1 Å². The highest BCUT2D eigenvalue weighted by Crippen LogP contribution is 2.30. The van der Waals surface area contributed by atoms with Gasteiger partial charge in [0.1, 0.15) is 23.2 Å². The minimum absolute atomic E-state index is 0.171. The number of anilines is 1. The molecular formula is C25H24FN5O3S. The number of rotatable bonds is 3. The molecule has 4 aromatic rings. The average Bonchev–Trinajstić information content (AvgIpc) is 3.45. The van der Waals surface area contributed by atoms with Crippen LogP contribution in [0.5, 0.6) is 0 Å². The summed E-state index contributed by atoms with van der Waals surface area (Å²) in [6, 6.07) is 15.0. The maximum Gasteiger partial charge on any atom is 0.276 e. The fourth-order valence-electron chi connectivity index (χ4n) is 3.80. The van der Waals surface area contributed by atoms with Gasteiger partial charge in [-0.15, -0.1) is 0 Å². The molecular weight excluding hydrogens is 469 g/mol. The second-order valence-electron chi connectivity index (χ2n) is 8.01. The van der Waals surface area contributed by atoms with Crippen LogP contribution in [0.1, 0.15) is 45.2 Å². The van der Waals surface area contributed by atoms with E-state index in [-0.39, 0.29) is 30.1 Å². The monoisotopic (exact) mass is 493 g/mol. The maximum atomic E-state index is 12.8. The van der Waals surface area contributed by atoms with Crippen LogP contribution in [0.15, 0.2) is 54.6 Å². The third kappa shape index (κ3) is 4.92. The fraction of sp³-hybridized carbons (Fsp3) is 0.200. The molecule has 1 unspecified atom stereocenters. The number of amides is 3. The summed E-state index contributed by atoms with van der Waals surface area (Å²) in [4.78, 5) is 37.1. The number of aromatic nitrogens is 2. The van der Waals surface area contributed by atoms with Gasteiger partial charge in [0.15, 0.2) is 0 Å². The van der Waals surface area contributed by atoms with Crippen molar-refractivity contribution in [2.45, 2.75) is 26.4 Å². The molecule has 5 rings (SSSR count). The normalized spacial score (nSPS) is 14.4. The van der Waals surface area contributed by atoms with Gasteiger partial charge in [-0.25, -0.2) is 4.39 Å². The fourth-order valence-corrected chi connectivity index (χ4v) is 4.57. The number of benzene rings is 2. The van der Waals surface area contributed by atoms with Crippen molar-refractivity contribution in [1.29, 1.82) is 0 Å². The van der Waals surface area contributed by atoms with Crippen molar-refractivity contribution in [1.82, 2.24) is 19.6 Å². The van der Waals surface area contributed by atoms with Gasteiger partial charge in [0, 0.05) is 12.4 Å². The first-order chi connectivity index (χ1) is 16.8. The summed E-state index contributed by atoms with van der Waals surface area (Å²) in [6.07, 6.45) is 0. The number of fused-ring (bicyclic) bond motifs is 2. The van der Waals surface area contributed by atoms with Crippen LogP contribution in [-0.2, 0) is 11.3 Å². The summed E-state index contributed by atoms with van der Waals surface area (Å²) in [5.41, 5.74) is 2.92. The zero-order chi connectivity index (χ0) is 25.1. The topological polar surface area (TPSA) is 105 Å². The molecule has 0 bridgehead atoms. The molecule has 1 aliphatic heterocycles. The standard InChI is InChI=1S/C18H17N5O3S.C7H7F/c1-9-16(24)20-8-13-11(7-12(23(9)13)17(25)19-2)21-18(26)15-10-5-3-4-6-14(10)27-22-15;1-6-2-4-7(8)5-3-6/h3-7,9H,8H2,1-2H3,(H,19,25)(H,20,24)(H,21,26);2-5H,1H3. The van der Waals surface area contributed by atoms with Gasteiger partial charge in [0.05, 0.1) is 22.6 Å². The van der Waals surface area contributed by atoms with E-state index in [1.165, 1.54) is 30.7 Å². The van der Waals surface area contributed by atoms with Crippen molar-refractivity contribution in [2.24, 2.45) is 0 Å². The van der Waals surface area contributed by atoms with Gasteiger partial charge in [-0.3, -0.25) is 14.4 Å². The lowest BCUT2D eigenvalue weighted by Crippen LogP contribution is -2.39. The second-order valence-corrected chi connectivity index (χ2v) is 8.81. The van der Waals surface area contributed by atoms with Gasteiger partial charge >= 0.3 is 0 Å². The molecule has 3 amide bonds. The molecule has 3 heterocycles. The first kappa shape index (κ1) is 24.1. The minimum atomic E-state index is -0.549. The van der Waals surface area contributed by atoms with Crippen LogP contribution >= 0.6 is 11.5 Å². The SMILES string of the molecule is CNC(=O)c1cc(NC(=O)c2nsc3ccccc23)c2n1C(C)C(=O)NC2.Cc1ccc(F)cc1. The van der Waals surface area contributed by atoms with Gasteiger partial charge < -0.3 is 20.5 Å². The lowest BCUT2D eigenvalue weighted by Gasteiger charge is -2.25. The summed E-state index contributed by atoms with van der Waals surface area (Å²) >= 11 is 1.26. The molecule has 2 aromatic carbocycles. The van der Waals surface area contributed by atoms with Crippen molar-refractivity contribution in [2.75, 3.05) is 12.4 Å². The lowest BCUT2D eigenvalue weighted by molar-refractivity contribution is -0.125. The molecule has 10 heteroatoms. The highest BCUT2D eigenvalue weighted by Gasteiger charge is 2.31. The number of hydrogen-bond acceptors (Lipinski definition) is 5. The van der Waals surface area contributed by atoms with E-state index in [2.05, 4.69) is 20.3 Å². The molecule has 180 valence electrons. The quantitative estimate of drug-likeness (QED) is 0.401. The Kier molecular flexibility index (Phi) is 6.92. The van der Waals surface area contributed by atoms with E-state index in [0.717, 1.165) is 15.6 Å². The maximum absolute atomic E-state index is 12.8. The molecule has 0 spiro atoms. The van der Waals surface area contributed by atoms with Crippen molar-refractivity contribution >= 4 is 45.0 Å². The van der Waals surface area contributed by atoms with Gasteiger partial charge in [-0.1, -0.05) is 35.9 Å². The Labute approximate surface area is 205 Å². The predicted octanol–water partition coefficient (Wildman–Crippen LogP) is 4.03. The van der Waals surface area contributed by atoms with Gasteiger partial charge in [0.2, 0.25) is 5.91 Å². The lowest BCUT2D eigenvalue weighted by atomic mass is 10.2. The van der Waals surface area contributed by atoms with E-state index in [0.29, 0.717) is 22.8 Å². The first-order valence-electron chi connectivity index (χ1n) is 10.9. The van der Waals surface area contributed by atoms with Gasteiger partial charge in [0.25, 0.3) is 11.8 Å². The molecule has 3 N–H and O–H groups in total. The Balaban J connectivity index is 0.000000308. The number of halogens is 1. The largest absolute Gasteiger partial charge is 0.354 e. The summed E-state index contributed by atoms with van der Waals surface area (Å²) in [5, 5.41) is 8.98. The summed E-state index contributed by atoms with van der Waals surface area (Å²) in [6.45, 7) is 3.87. The number of aryl methyl sites for hydroxylation is 1. The summed E-state index contributed by atoms with van der Waals surface area (Å²) < 4.78 is 18.9. The van der Waals surface area contributed by atoms with E-state index < -0.39 is 6.04 Å². The Morgan fingerprint density at radius 2 is 1.86 bits per heavy atom. The van der Waals surface area contributed by atoms with Crippen molar-refractivity contribution in [3.8, 4) is 0 Å². The Morgan fingerprint density at radius 3 is 2.54 bits per heavy atom. The van der Waals surface area contributed by atoms with E-state index in [1.54, 1.807) is 29.7 Å². The smallest absolute Gasteiger partial charge is 0.276 e. The Morgan fingerprint density at radius 1 is 1.14 bits per heavy atom. The zero-order valence-electron chi connectivity index (χ0n) is 19.4. The first-order valence-corrected chi connectivity index (χ1v) is 11.7. The highest BCUT2D eigenvalue weighted by molar-refractivity contribution is 7.13. The molecule has 0 aliphatic carbocycles. The molecule has 0 saturated carbocycles. The van der Waals surface area contributed by atoms with E-state index >= 15 is 0 Å². The van der Waals surface area contributed by atoms with Crippen LogP contribution in [0, 0.1) is 12.7 Å². The van der Waals surface area contributed by atoms with Gasteiger partial charge in [-0.05, 0) is 49.6 Å². The molecule has 2 aromatic heterocycles. The highest BCUT2D eigenvalue weighted by atomic mass is 32.1. The summed E-state index contributed by atoms with van der Waals surface area (Å²) in [5.74, 6) is -1.02. The predicted molar refractivity (Wildman–Crippen MR) is 133 cm³/mol. The molecule has 0 fully saturated rings. The molecule has 8 nitrogen and oxygen atoms in total. The van der Waals surface area contributed by atoms with E-state index in [9.17, 15) is 18.8 Å². The van der Waals surface area contributed by atoms with Crippen molar-refractivity contribution < 1.29 is 18.8 Å². The van der Waals surface area contributed by atoms with Crippen LogP contribution in [0.3, 0.4) is 0 Å². The molecule has 0 radical (unpaired) electrons. The number of hydrogen-bond donors (Lipinski definition) is 3. The zero-order valence-corrected chi connectivity index (χ0v) is 20.2. The third-order valence-electron chi connectivity index (χ3n) is 5.65. The molecule has 35 heavy (non-hydrogen) atoms. The molecule has 0 saturated heterocycles.